The number of carbonyl (C=O) groups is 1. The molecule has 0 aliphatic rings. The van der Waals surface area contributed by atoms with E-state index in [1.165, 1.54) is 0 Å². The first-order valence-corrected chi connectivity index (χ1v) is 4.24. The number of allylic oxidation sites excluding steroid dienone is 1. The van der Waals surface area contributed by atoms with E-state index in [9.17, 15) is 4.79 Å². The van der Waals surface area contributed by atoms with E-state index in [2.05, 4.69) is 18.8 Å². The third kappa shape index (κ3) is 5.77. The summed E-state index contributed by atoms with van der Waals surface area (Å²) in [7, 11) is 0. The van der Waals surface area contributed by atoms with E-state index in [1.54, 1.807) is 0 Å². The van der Waals surface area contributed by atoms with Gasteiger partial charge in [0.2, 0.25) is 0 Å². The molecule has 0 aliphatic heterocycles. The Balaban J connectivity index is 3.67. The average molecular weight is 170 g/mol. The lowest BCUT2D eigenvalue weighted by molar-refractivity contribution is 0.246. The molecule has 0 aromatic carbocycles. The lowest BCUT2D eigenvalue weighted by Gasteiger charge is -2.14. The van der Waals surface area contributed by atoms with Gasteiger partial charge in [0, 0.05) is 6.54 Å². The minimum Gasteiger partial charge on any atom is -0.352 e. The number of nitrogens with two attached hydrogens (primary N) is 1. The Bertz CT molecular complexity index is 166. The number of rotatable bonds is 5. The van der Waals surface area contributed by atoms with Crippen LogP contribution in [0, 0.1) is 5.92 Å². The molecule has 70 valence electrons. The fraction of sp³-hybridized carbons (Fsp3) is 0.667. The molecule has 1 unspecified atom stereocenters. The zero-order valence-electron chi connectivity index (χ0n) is 7.89. The third-order valence-electron chi connectivity index (χ3n) is 1.78. The van der Waals surface area contributed by atoms with Gasteiger partial charge < -0.3 is 11.1 Å². The van der Waals surface area contributed by atoms with Gasteiger partial charge in [0.05, 0.1) is 0 Å². The lowest BCUT2D eigenvalue weighted by Crippen LogP contribution is -2.33. The van der Waals surface area contributed by atoms with Crippen molar-refractivity contribution in [3.05, 3.63) is 12.2 Å². The summed E-state index contributed by atoms with van der Waals surface area (Å²) in [4.78, 5) is 10.4. The van der Waals surface area contributed by atoms with Gasteiger partial charge in [-0.1, -0.05) is 18.9 Å². The summed E-state index contributed by atoms with van der Waals surface area (Å²) in [6.07, 6.45) is 1.99. The summed E-state index contributed by atoms with van der Waals surface area (Å²) in [5.74, 6) is 0.468. The van der Waals surface area contributed by atoms with Crippen molar-refractivity contribution in [2.24, 2.45) is 11.7 Å². The second kappa shape index (κ2) is 5.63. The van der Waals surface area contributed by atoms with Gasteiger partial charge in [-0.25, -0.2) is 4.79 Å². The number of hydrogen-bond acceptors (Lipinski definition) is 1. The summed E-state index contributed by atoms with van der Waals surface area (Å²) >= 11 is 0. The standard InChI is InChI=1S/C9H18N2O/c1-4-8(5-7(2)3)6-11-9(10)12/h8H,2,4-6H2,1,3H3,(H3,10,11,12). The van der Waals surface area contributed by atoms with E-state index in [0.29, 0.717) is 12.5 Å². The maximum atomic E-state index is 10.4. The molecule has 2 amide bonds. The highest BCUT2D eigenvalue weighted by Gasteiger charge is 2.06. The van der Waals surface area contributed by atoms with E-state index in [-0.39, 0.29) is 0 Å². The molecular weight excluding hydrogens is 152 g/mol. The summed E-state index contributed by atoms with van der Waals surface area (Å²) in [6.45, 7) is 8.56. The fourth-order valence-electron chi connectivity index (χ4n) is 1.10. The predicted molar refractivity (Wildman–Crippen MR) is 50.8 cm³/mol. The van der Waals surface area contributed by atoms with Gasteiger partial charge in [0.15, 0.2) is 0 Å². The molecule has 0 aliphatic carbocycles. The monoisotopic (exact) mass is 170 g/mol. The van der Waals surface area contributed by atoms with Gasteiger partial charge in [-0.15, -0.1) is 6.58 Å². The van der Waals surface area contributed by atoms with Crippen LogP contribution in [0.5, 0.6) is 0 Å². The SMILES string of the molecule is C=C(C)CC(CC)CNC(N)=O. The molecule has 0 bridgehead atoms. The topological polar surface area (TPSA) is 55.1 Å². The van der Waals surface area contributed by atoms with E-state index in [1.807, 2.05) is 6.92 Å². The van der Waals surface area contributed by atoms with Crippen LogP contribution < -0.4 is 11.1 Å². The number of amides is 2. The summed E-state index contributed by atoms with van der Waals surface area (Å²) in [5, 5.41) is 2.60. The molecule has 3 N–H and O–H groups in total. The number of carbonyl (C=O) groups excluding carboxylic acids is 1. The van der Waals surface area contributed by atoms with Crippen LogP contribution in [0.25, 0.3) is 0 Å². The summed E-state index contributed by atoms with van der Waals surface area (Å²) in [5.41, 5.74) is 6.10. The molecule has 3 nitrogen and oxygen atoms in total. The quantitative estimate of drug-likeness (QED) is 0.605. The Kier molecular flexibility index (Phi) is 5.17. The van der Waals surface area contributed by atoms with E-state index < -0.39 is 6.03 Å². The molecule has 3 heteroatoms. The maximum Gasteiger partial charge on any atom is 0.312 e. The minimum atomic E-state index is -0.449. The average Bonchev–Trinajstić information content (AvgIpc) is 1.97. The zero-order valence-corrected chi connectivity index (χ0v) is 7.89. The van der Waals surface area contributed by atoms with Crippen molar-refractivity contribution in [1.29, 1.82) is 0 Å². The zero-order chi connectivity index (χ0) is 9.56. The molecular formula is C9H18N2O. The second-order valence-electron chi connectivity index (χ2n) is 3.18. The molecule has 0 saturated heterocycles. The molecule has 0 rings (SSSR count). The highest BCUT2D eigenvalue weighted by molar-refractivity contribution is 5.71. The van der Waals surface area contributed by atoms with Crippen LogP contribution in [-0.2, 0) is 0 Å². The van der Waals surface area contributed by atoms with Crippen molar-refractivity contribution in [1.82, 2.24) is 5.32 Å². The van der Waals surface area contributed by atoms with Crippen LogP contribution in [-0.4, -0.2) is 12.6 Å². The molecule has 0 radical (unpaired) electrons. The van der Waals surface area contributed by atoms with E-state index in [0.717, 1.165) is 18.4 Å². The Hall–Kier alpha value is -0.990. The van der Waals surface area contributed by atoms with Crippen LogP contribution in [0.3, 0.4) is 0 Å². The summed E-state index contributed by atoms with van der Waals surface area (Å²) in [6, 6.07) is -0.449. The molecule has 0 saturated carbocycles. The summed E-state index contributed by atoms with van der Waals surface area (Å²) < 4.78 is 0. The predicted octanol–water partition coefficient (Wildman–Crippen LogP) is 1.65. The van der Waals surface area contributed by atoms with Gasteiger partial charge in [-0.05, 0) is 19.3 Å². The lowest BCUT2D eigenvalue weighted by atomic mass is 9.98. The molecule has 12 heavy (non-hydrogen) atoms. The van der Waals surface area contributed by atoms with Crippen LogP contribution in [0.15, 0.2) is 12.2 Å². The normalized spacial score (nSPS) is 12.2. The Labute approximate surface area is 74.0 Å². The molecule has 0 fully saturated rings. The maximum absolute atomic E-state index is 10.4. The van der Waals surface area contributed by atoms with E-state index in [4.69, 9.17) is 5.73 Å². The van der Waals surface area contributed by atoms with E-state index >= 15 is 0 Å². The Morgan fingerprint density at radius 3 is 2.58 bits per heavy atom. The molecule has 1 atom stereocenters. The third-order valence-corrected chi connectivity index (χ3v) is 1.78. The van der Waals surface area contributed by atoms with Gasteiger partial charge in [0.1, 0.15) is 0 Å². The van der Waals surface area contributed by atoms with Crippen LogP contribution in [0.2, 0.25) is 0 Å². The second-order valence-corrected chi connectivity index (χ2v) is 3.18. The van der Waals surface area contributed by atoms with Crippen molar-refractivity contribution in [3.63, 3.8) is 0 Å². The Morgan fingerprint density at radius 2 is 2.25 bits per heavy atom. The first kappa shape index (κ1) is 11.0. The largest absolute Gasteiger partial charge is 0.352 e. The van der Waals surface area contributed by atoms with Gasteiger partial charge in [-0.3, -0.25) is 0 Å². The number of primary amides is 1. The van der Waals surface area contributed by atoms with Gasteiger partial charge in [0.25, 0.3) is 0 Å². The van der Waals surface area contributed by atoms with Crippen molar-refractivity contribution < 1.29 is 4.79 Å². The first-order valence-electron chi connectivity index (χ1n) is 4.24. The van der Waals surface area contributed by atoms with Crippen molar-refractivity contribution in [2.45, 2.75) is 26.7 Å². The van der Waals surface area contributed by atoms with Crippen LogP contribution in [0.4, 0.5) is 4.79 Å². The number of urea groups is 1. The van der Waals surface area contributed by atoms with Crippen LogP contribution in [0.1, 0.15) is 26.7 Å². The van der Waals surface area contributed by atoms with Crippen molar-refractivity contribution >= 4 is 6.03 Å². The molecule has 0 aromatic heterocycles. The molecule has 0 aromatic rings. The van der Waals surface area contributed by atoms with Gasteiger partial charge >= 0.3 is 6.03 Å². The van der Waals surface area contributed by atoms with Crippen molar-refractivity contribution in [2.75, 3.05) is 6.54 Å². The van der Waals surface area contributed by atoms with Crippen LogP contribution >= 0.6 is 0 Å². The van der Waals surface area contributed by atoms with Gasteiger partial charge in [-0.2, -0.15) is 0 Å². The highest BCUT2D eigenvalue weighted by Crippen LogP contribution is 2.11. The first-order chi connectivity index (χ1) is 5.56. The number of hydrogen-bond donors (Lipinski definition) is 2. The Morgan fingerprint density at radius 1 is 1.67 bits per heavy atom. The fourth-order valence-corrected chi connectivity index (χ4v) is 1.10. The smallest absolute Gasteiger partial charge is 0.312 e. The number of nitrogens with one attached hydrogen (secondary N) is 1. The minimum absolute atomic E-state index is 0.449. The molecule has 0 spiro atoms. The van der Waals surface area contributed by atoms with Crippen molar-refractivity contribution in [3.8, 4) is 0 Å². The molecule has 0 heterocycles. The highest BCUT2D eigenvalue weighted by atomic mass is 16.2.